The van der Waals surface area contributed by atoms with E-state index >= 15 is 0 Å². The summed E-state index contributed by atoms with van der Waals surface area (Å²) >= 11 is 18.2. The van der Waals surface area contributed by atoms with Gasteiger partial charge in [0.05, 0.1) is 74.6 Å². The maximum absolute atomic E-state index is 13.9. The van der Waals surface area contributed by atoms with Gasteiger partial charge in [-0.05, 0) is 247 Å². The van der Waals surface area contributed by atoms with Gasteiger partial charge in [-0.1, -0.05) is 75.5 Å². The molecule has 111 heavy (non-hydrogen) atoms. The van der Waals surface area contributed by atoms with Crippen molar-refractivity contribution in [3.8, 4) is 85.4 Å². The van der Waals surface area contributed by atoms with E-state index in [1.807, 2.05) is 90.9 Å². The highest BCUT2D eigenvalue weighted by atomic mass is 35.5. The van der Waals surface area contributed by atoms with Gasteiger partial charge in [0.15, 0.2) is 0 Å². The van der Waals surface area contributed by atoms with Crippen LogP contribution >= 0.6 is 34.8 Å². The Bertz CT molecular complexity index is 5210. The lowest BCUT2D eigenvalue weighted by molar-refractivity contribution is 0.416. The molecule has 0 saturated heterocycles. The van der Waals surface area contributed by atoms with E-state index in [4.69, 9.17) is 84.5 Å². The number of hydrogen-bond acceptors (Lipinski definition) is 21. The lowest BCUT2D eigenvalue weighted by Gasteiger charge is -2.10. The molecule has 0 atom stereocenters. The quantitative estimate of drug-likeness (QED) is 0.0551. The summed E-state index contributed by atoms with van der Waals surface area (Å²) in [5.74, 6) is 1.48. The molecule has 0 amide bonds. The first-order valence-corrected chi connectivity index (χ1v) is 36.6. The fraction of sp³-hybridized carbons (Fsp3) is 0.253. The number of nitriles is 2. The third-order valence-electron chi connectivity index (χ3n) is 17.4. The molecule has 0 unspecified atom stereocenters. The second-order valence-corrected chi connectivity index (χ2v) is 27.1. The van der Waals surface area contributed by atoms with Crippen molar-refractivity contribution in [2.75, 3.05) is 41.5 Å². The Morgan fingerprint density at radius 1 is 0.342 bits per heavy atom. The number of methoxy groups -OCH3 is 1. The van der Waals surface area contributed by atoms with Gasteiger partial charge in [0.25, 0.3) is 0 Å². The van der Waals surface area contributed by atoms with Gasteiger partial charge in [0.2, 0.25) is 35.7 Å². The highest BCUT2D eigenvalue weighted by molar-refractivity contribution is 6.33. The summed E-state index contributed by atoms with van der Waals surface area (Å²) < 4.78 is 59.7. The maximum Gasteiger partial charge on any atom is 0.220 e. The van der Waals surface area contributed by atoms with Gasteiger partial charge in [-0.2, -0.15) is 10.5 Å². The minimum Gasteiger partial charge on any atom is -0.496 e. The van der Waals surface area contributed by atoms with Crippen LogP contribution in [0.3, 0.4) is 0 Å². The molecule has 28 heteroatoms. The van der Waals surface area contributed by atoms with Gasteiger partial charge in [-0.15, -0.1) is 0 Å². The zero-order chi connectivity index (χ0) is 81.1. The summed E-state index contributed by atoms with van der Waals surface area (Å²) in [5, 5.41) is 19.2. The van der Waals surface area contributed by atoms with E-state index in [0.717, 1.165) is 111 Å². The van der Waals surface area contributed by atoms with Crippen LogP contribution in [0.4, 0.5) is 53.3 Å². The first-order chi connectivity index (χ1) is 52.9. The largest absolute Gasteiger partial charge is 0.496 e. The molecule has 1 aliphatic rings. The fourth-order valence-corrected chi connectivity index (χ4v) is 11.8. The average Bonchev–Trinajstić information content (AvgIpc) is 1.79. The standard InChI is InChI=1S/C16H18FN3.C14H14N4O.C14H14N4.3C13H13ClFN3/c1-9-6-14(17)10(2)5-13(9)15-8-12(7-11-3-4-11)19-16(18)20-15;1-3-10-7-12(18-14(16)17-10)11-6-9(8-15)4-5-13(11)19-2;1-3-11-7-13(18-14(16)17-11)12-6-10(8-15)5-4-9(12)2;1-3-8-5-12(18-13(16)17-8)9-6-10(14)7(2)4-11(9)15;1-3-8-5-12(18-13(16)17-8)9-6-11(15)7(2)4-10(9)14;1-3-8-5-12(18-13(16)17-8)9-4-7(2)11(15)6-10(9)14/h5-6,8,11H,3-4,7H2,1-2H3,(H2,18,19,20);4-7H,3H2,1-2H3,(H2,16,17,18);4-7H,3H2,1-2H3,(H2,16,17,18);3*4-6H,3H2,1-2H3,(H2,16,17,18). The van der Waals surface area contributed by atoms with Crippen molar-refractivity contribution < 1.29 is 22.3 Å². The van der Waals surface area contributed by atoms with Gasteiger partial charge < -0.3 is 39.1 Å². The zero-order valence-corrected chi connectivity index (χ0v) is 65.8. The van der Waals surface area contributed by atoms with Gasteiger partial charge in [0, 0.05) is 72.6 Å². The Hall–Kier alpha value is -12.0. The van der Waals surface area contributed by atoms with Crippen molar-refractivity contribution in [2.24, 2.45) is 5.92 Å². The number of anilines is 6. The van der Waals surface area contributed by atoms with E-state index in [1.165, 1.54) is 31.0 Å². The van der Waals surface area contributed by atoms with Gasteiger partial charge >= 0.3 is 0 Å². The van der Waals surface area contributed by atoms with Crippen LogP contribution in [0.2, 0.25) is 15.1 Å². The Morgan fingerprint density at radius 3 is 1.11 bits per heavy atom. The van der Waals surface area contributed by atoms with E-state index in [9.17, 15) is 17.6 Å². The van der Waals surface area contributed by atoms with E-state index in [2.05, 4.69) is 71.9 Å². The normalized spacial score (nSPS) is 11.1. The second-order valence-electron chi connectivity index (χ2n) is 25.9. The highest BCUT2D eigenvalue weighted by Crippen LogP contribution is 2.37. The predicted octanol–water partition coefficient (Wildman–Crippen LogP) is 18.2. The molecule has 6 heterocycles. The smallest absolute Gasteiger partial charge is 0.220 e. The van der Waals surface area contributed by atoms with E-state index in [0.29, 0.717) is 106 Å². The molecular formula is C83H85Cl3F4N20O. The minimum atomic E-state index is -0.364. The van der Waals surface area contributed by atoms with Crippen LogP contribution in [-0.2, 0) is 38.5 Å². The third kappa shape index (κ3) is 23.3. The lowest BCUT2D eigenvalue weighted by Crippen LogP contribution is -2.03. The first kappa shape index (κ1) is 84.6. The molecule has 6 aromatic heterocycles. The topological polar surface area (TPSA) is 368 Å². The molecule has 572 valence electrons. The van der Waals surface area contributed by atoms with E-state index < -0.39 is 0 Å². The average molecular weight is 1560 g/mol. The SMILES string of the molecule is CCc1cc(-c2cc(C#N)ccc2C)nc(N)n1.CCc1cc(-c2cc(C#N)ccc2OC)nc(N)n1.CCc1cc(-c2cc(C)c(F)cc2Cl)nc(N)n1.CCc1cc(-c2cc(Cl)c(C)cc2F)nc(N)n1.CCc1cc(-c2cc(F)c(C)cc2Cl)nc(N)n1.Cc1cc(-c2cc(CC3CC3)nc(N)n2)c(C)cc1F. The zero-order valence-electron chi connectivity index (χ0n) is 63.6. The minimum absolute atomic E-state index is 0.139. The molecular weight excluding hydrogens is 1480 g/mol. The number of nitrogens with zero attached hydrogens (tertiary/aromatic N) is 14. The molecule has 6 aromatic carbocycles. The summed E-state index contributed by atoms with van der Waals surface area (Å²) in [4.78, 5) is 49.9. The maximum atomic E-state index is 13.9. The van der Waals surface area contributed by atoms with Crippen LogP contribution < -0.4 is 39.1 Å². The number of benzene rings is 6. The van der Waals surface area contributed by atoms with Crippen molar-refractivity contribution >= 4 is 70.5 Å². The van der Waals surface area contributed by atoms with Crippen LogP contribution in [0, 0.1) is 93.4 Å². The Labute approximate surface area is 658 Å². The van der Waals surface area contributed by atoms with Crippen molar-refractivity contribution in [1.82, 2.24) is 59.8 Å². The predicted molar refractivity (Wildman–Crippen MR) is 434 cm³/mol. The highest BCUT2D eigenvalue weighted by Gasteiger charge is 2.24. The molecule has 0 aliphatic heterocycles. The van der Waals surface area contributed by atoms with E-state index in [-0.39, 0.29) is 53.0 Å². The number of rotatable bonds is 14. The summed E-state index contributed by atoms with van der Waals surface area (Å²) in [5.41, 5.74) is 52.7. The third-order valence-corrected chi connectivity index (χ3v) is 18.4. The summed E-state index contributed by atoms with van der Waals surface area (Å²) in [6.07, 6.45) is 7.25. The fourth-order valence-electron chi connectivity index (χ4n) is 11.1. The van der Waals surface area contributed by atoms with Crippen molar-refractivity contribution in [3.05, 3.63) is 238 Å². The molecule has 0 radical (unpaired) electrons. The van der Waals surface area contributed by atoms with Crippen molar-refractivity contribution in [1.29, 1.82) is 10.5 Å². The van der Waals surface area contributed by atoms with Gasteiger partial charge in [-0.3, -0.25) is 0 Å². The molecule has 1 aliphatic carbocycles. The van der Waals surface area contributed by atoms with Crippen LogP contribution in [0.25, 0.3) is 67.5 Å². The number of halogens is 7. The number of nitrogen functional groups attached to an aromatic ring is 6. The van der Waals surface area contributed by atoms with Gasteiger partial charge in [0.1, 0.15) is 29.0 Å². The summed E-state index contributed by atoms with van der Waals surface area (Å²) in [6.45, 7) is 20.6. The summed E-state index contributed by atoms with van der Waals surface area (Å²) in [6, 6.07) is 38.3. The molecule has 12 aromatic rings. The molecule has 21 nitrogen and oxygen atoms in total. The molecule has 0 spiro atoms. The molecule has 12 N–H and O–H groups in total. The Morgan fingerprint density at radius 2 is 0.676 bits per heavy atom. The van der Waals surface area contributed by atoms with Crippen molar-refractivity contribution in [3.63, 3.8) is 0 Å². The number of hydrogen-bond donors (Lipinski definition) is 6. The number of ether oxygens (including phenoxy) is 1. The van der Waals surface area contributed by atoms with Crippen LogP contribution in [0.1, 0.15) is 126 Å². The number of nitrogens with two attached hydrogens (primary N) is 6. The lowest BCUT2D eigenvalue weighted by atomic mass is 10.0. The van der Waals surface area contributed by atoms with Crippen LogP contribution in [0.15, 0.2) is 121 Å². The number of aryl methyl sites for hydroxylation is 11. The molecule has 1 fully saturated rings. The Balaban J connectivity index is 0.000000167. The molecule has 1 saturated carbocycles. The molecule has 13 rings (SSSR count). The number of aromatic nitrogens is 12. The van der Waals surface area contributed by atoms with Crippen LogP contribution in [-0.4, -0.2) is 66.9 Å². The first-order valence-electron chi connectivity index (χ1n) is 35.4. The molecule has 0 bridgehead atoms. The second kappa shape index (κ2) is 38.9. The van der Waals surface area contributed by atoms with Crippen molar-refractivity contribution in [2.45, 2.75) is 128 Å². The monoisotopic (exact) mass is 1560 g/mol. The summed E-state index contributed by atoms with van der Waals surface area (Å²) in [7, 11) is 1.58. The Kier molecular flexibility index (Phi) is 29.6. The van der Waals surface area contributed by atoms with E-state index in [1.54, 1.807) is 95.5 Å². The van der Waals surface area contributed by atoms with Crippen LogP contribution in [0.5, 0.6) is 5.75 Å². The van der Waals surface area contributed by atoms with Gasteiger partial charge in [-0.25, -0.2) is 77.4 Å².